The molecule has 4 rings (SSSR count). The molecule has 2 aliphatic heterocycles. The zero-order valence-electron chi connectivity index (χ0n) is 12.1. The van der Waals surface area contributed by atoms with Gasteiger partial charge in [-0.2, -0.15) is 4.98 Å². The topological polar surface area (TPSA) is 58.3 Å². The standard InChI is InChI=1S/C16H19N5/c1-20-9-13-7-12(20)10-21(13)15-14(8-18-16(17)19-15)11-5-3-2-4-6-11/h2-6,8,12-13H,7,9-10H2,1H3,(H2,17,18,19). The summed E-state index contributed by atoms with van der Waals surface area (Å²) in [5.74, 6) is 1.33. The summed E-state index contributed by atoms with van der Waals surface area (Å²) < 4.78 is 0. The highest BCUT2D eigenvalue weighted by molar-refractivity contribution is 5.76. The highest BCUT2D eigenvalue weighted by Gasteiger charge is 2.42. The van der Waals surface area contributed by atoms with Gasteiger partial charge in [-0.1, -0.05) is 30.3 Å². The summed E-state index contributed by atoms with van der Waals surface area (Å²) in [6.45, 7) is 2.13. The molecule has 2 unspecified atom stereocenters. The van der Waals surface area contributed by atoms with E-state index in [1.807, 2.05) is 24.4 Å². The number of rotatable bonds is 2. The Morgan fingerprint density at radius 3 is 2.62 bits per heavy atom. The van der Waals surface area contributed by atoms with E-state index in [-0.39, 0.29) is 0 Å². The molecule has 2 N–H and O–H groups in total. The predicted octanol–water partition coefficient (Wildman–Crippen LogP) is 1.62. The highest BCUT2D eigenvalue weighted by Crippen LogP contribution is 2.37. The van der Waals surface area contributed by atoms with Crippen LogP contribution in [-0.2, 0) is 0 Å². The first-order chi connectivity index (χ1) is 10.2. The fourth-order valence-electron chi connectivity index (χ4n) is 3.55. The van der Waals surface area contributed by atoms with Gasteiger partial charge in [-0.3, -0.25) is 4.90 Å². The van der Waals surface area contributed by atoms with Crippen LogP contribution in [0.4, 0.5) is 11.8 Å². The number of likely N-dealkylation sites (N-methyl/N-ethyl adjacent to an activating group) is 1. The van der Waals surface area contributed by atoms with Crippen LogP contribution in [0.1, 0.15) is 6.42 Å². The molecule has 0 radical (unpaired) electrons. The number of aromatic nitrogens is 2. The van der Waals surface area contributed by atoms with Crippen LogP contribution in [-0.4, -0.2) is 47.1 Å². The van der Waals surface area contributed by atoms with Gasteiger partial charge >= 0.3 is 0 Å². The molecule has 5 heteroatoms. The van der Waals surface area contributed by atoms with Crippen LogP contribution in [0.3, 0.4) is 0 Å². The maximum atomic E-state index is 5.84. The van der Waals surface area contributed by atoms with Gasteiger partial charge in [-0.25, -0.2) is 4.98 Å². The van der Waals surface area contributed by atoms with E-state index in [2.05, 4.69) is 38.9 Å². The SMILES string of the molecule is CN1CC2CC1CN2c1nc(N)ncc1-c1ccccc1. The van der Waals surface area contributed by atoms with Gasteiger partial charge in [0.1, 0.15) is 5.82 Å². The van der Waals surface area contributed by atoms with Crippen LogP contribution in [0.2, 0.25) is 0 Å². The molecule has 0 amide bonds. The number of piperazine rings is 1. The van der Waals surface area contributed by atoms with Crippen molar-refractivity contribution in [1.82, 2.24) is 14.9 Å². The van der Waals surface area contributed by atoms with Crippen molar-refractivity contribution in [3.8, 4) is 11.1 Å². The average Bonchev–Trinajstić information content (AvgIpc) is 3.07. The minimum atomic E-state index is 0.348. The number of hydrogen-bond donors (Lipinski definition) is 1. The van der Waals surface area contributed by atoms with Gasteiger partial charge in [0.25, 0.3) is 0 Å². The van der Waals surface area contributed by atoms with Crippen LogP contribution in [0, 0.1) is 0 Å². The van der Waals surface area contributed by atoms with Gasteiger partial charge in [0.15, 0.2) is 0 Å². The molecule has 2 aliphatic rings. The van der Waals surface area contributed by atoms with Crippen molar-refractivity contribution in [3.63, 3.8) is 0 Å². The first kappa shape index (κ1) is 12.6. The van der Waals surface area contributed by atoms with Gasteiger partial charge in [-0.15, -0.1) is 0 Å². The zero-order chi connectivity index (χ0) is 14.4. The molecular formula is C16H19N5. The lowest BCUT2D eigenvalue weighted by Crippen LogP contribution is -2.45. The number of anilines is 2. The number of hydrogen-bond acceptors (Lipinski definition) is 5. The minimum Gasteiger partial charge on any atom is -0.368 e. The smallest absolute Gasteiger partial charge is 0.221 e. The van der Waals surface area contributed by atoms with Gasteiger partial charge < -0.3 is 10.6 Å². The Balaban J connectivity index is 1.77. The Labute approximate surface area is 124 Å². The maximum absolute atomic E-state index is 5.84. The third-order valence-electron chi connectivity index (χ3n) is 4.66. The first-order valence-corrected chi connectivity index (χ1v) is 7.37. The van der Waals surface area contributed by atoms with E-state index in [1.54, 1.807) is 0 Å². The Morgan fingerprint density at radius 1 is 1.14 bits per heavy atom. The Hall–Kier alpha value is -2.14. The van der Waals surface area contributed by atoms with Crippen molar-refractivity contribution in [2.45, 2.75) is 18.5 Å². The van der Waals surface area contributed by atoms with E-state index in [4.69, 9.17) is 5.73 Å². The van der Waals surface area contributed by atoms with Crippen molar-refractivity contribution in [3.05, 3.63) is 36.5 Å². The Kier molecular flexibility index (Phi) is 2.82. The number of nitrogens with two attached hydrogens (primary N) is 1. The summed E-state index contributed by atoms with van der Waals surface area (Å²) in [7, 11) is 2.20. The minimum absolute atomic E-state index is 0.348. The monoisotopic (exact) mass is 281 g/mol. The third-order valence-corrected chi connectivity index (χ3v) is 4.66. The van der Waals surface area contributed by atoms with E-state index >= 15 is 0 Å². The quantitative estimate of drug-likeness (QED) is 0.906. The number of fused-ring (bicyclic) bond motifs is 2. The number of nitrogen functional groups attached to an aromatic ring is 1. The zero-order valence-corrected chi connectivity index (χ0v) is 12.1. The summed E-state index contributed by atoms with van der Waals surface area (Å²) in [5.41, 5.74) is 8.05. The molecule has 0 spiro atoms. The van der Waals surface area contributed by atoms with E-state index in [0.717, 1.165) is 30.0 Å². The molecular weight excluding hydrogens is 262 g/mol. The summed E-state index contributed by atoms with van der Waals surface area (Å²) in [4.78, 5) is 13.6. The molecule has 21 heavy (non-hydrogen) atoms. The Bertz CT molecular complexity index is 655. The molecule has 0 saturated carbocycles. The Morgan fingerprint density at radius 2 is 1.95 bits per heavy atom. The lowest BCUT2D eigenvalue weighted by Gasteiger charge is -2.33. The lowest BCUT2D eigenvalue weighted by molar-refractivity contribution is 0.292. The van der Waals surface area contributed by atoms with Crippen LogP contribution >= 0.6 is 0 Å². The highest BCUT2D eigenvalue weighted by atomic mass is 15.4. The van der Waals surface area contributed by atoms with Crippen LogP contribution in [0.5, 0.6) is 0 Å². The second-order valence-electron chi connectivity index (χ2n) is 5.97. The molecule has 2 bridgehead atoms. The van der Waals surface area contributed by atoms with Crippen LogP contribution < -0.4 is 10.6 Å². The summed E-state index contributed by atoms with van der Waals surface area (Å²) in [6.07, 6.45) is 3.07. The van der Waals surface area contributed by atoms with Crippen molar-refractivity contribution >= 4 is 11.8 Å². The lowest BCUT2D eigenvalue weighted by atomic mass is 10.1. The molecule has 2 atom stereocenters. The molecule has 5 nitrogen and oxygen atoms in total. The van der Waals surface area contributed by atoms with Gasteiger partial charge in [0.2, 0.25) is 5.95 Å². The average molecular weight is 281 g/mol. The number of nitrogens with zero attached hydrogens (tertiary/aromatic N) is 4. The molecule has 108 valence electrons. The fraction of sp³-hybridized carbons (Fsp3) is 0.375. The van der Waals surface area contributed by atoms with Gasteiger partial charge in [0.05, 0.1) is 0 Å². The van der Waals surface area contributed by atoms with Crippen molar-refractivity contribution in [2.75, 3.05) is 30.8 Å². The van der Waals surface area contributed by atoms with E-state index in [1.165, 1.54) is 6.42 Å². The third kappa shape index (κ3) is 2.05. The summed E-state index contributed by atoms with van der Waals surface area (Å²) in [5, 5.41) is 0. The van der Waals surface area contributed by atoms with Gasteiger partial charge in [-0.05, 0) is 19.0 Å². The number of likely N-dealkylation sites (tertiary alicyclic amines) is 1. The summed E-state index contributed by atoms with van der Waals surface area (Å²) in [6, 6.07) is 11.5. The normalized spacial score (nSPS) is 24.7. The number of benzene rings is 1. The molecule has 1 aromatic heterocycles. The predicted molar refractivity (Wildman–Crippen MR) is 84.0 cm³/mol. The molecule has 3 heterocycles. The molecule has 2 saturated heterocycles. The van der Waals surface area contributed by atoms with E-state index in [9.17, 15) is 0 Å². The fourth-order valence-corrected chi connectivity index (χ4v) is 3.55. The van der Waals surface area contributed by atoms with Crippen LogP contribution in [0.15, 0.2) is 36.5 Å². The van der Waals surface area contributed by atoms with Crippen molar-refractivity contribution < 1.29 is 0 Å². The second-order valence-corrected chi connectivity index (χ2v) is 5.97. The van der Waals surface area contributed by atoms with Crippen LogP contribution in [0.25, 0.3) is 11.1 Å². The summed E-state index contributed by atoms with van der Waals surface area (Å²) >= 11 is 0. The van der Waals surface area contributed by atoms with Gasteiger partial charge in [0, 0.05) is 36.9 Å². The molecule has 2 aromatic rings. The van der Waals surface area contributed by atoms with E-state index < -0.39 is 0 Å². The molecule has 2 fully saturated rings. The second kappa shape index (κ2) is 4.70. The molecule has 0 aliphatic carbocycles. The maximum Gasteiger partial charge on any atom is 0.221 e. The van der Waals surface area contributed by atoms with E-state index in [0.29, 0.717) is 18.0 Å². The van der Waals surface area contributed by atoms with Crippen molar-refractivity contribution in [1.29, 1.82) is 0 Å². The first-order valence-electron chi connectivity index (χ1n) is 7.37. The van der Waals surface area contributed by atoms with Crippen molar-refractivity contribution in [2.24, 2.45) is 0 Å². The largest absolute Gasteiger partial charge is 0.368 e. The molecule has 1 aromatic carbocycles.